The highest BCUT2D eigenvalue weighted by atomic mass is 35.5. The molecule has 0 unspecified atom stereocenters. The third kappa shape index (κ3) is 8.42. The summed E-state index contributed by atoms with van der Waals surface area (Å²) >= 11 is 13.4. The maximum absolute atomic E-state index is 15.3. The SMILES string of the molecule is CCOC(=O)[C@@H]1C[C@H](c2ccccc2)c2c(n(C)c3ccccc23)[C@]12C(=O)N(Cc1ccccc1)c1ccc(Cl)cc12.CCOC(=O)[C@H]1C[C@@H](c2ccccc2)c2c(n(C)c3ccccc23)[C@@]12C(=O)N(Cc1ccccc1)c1ccc(Cl)cc12. The maximum Gasteiger partial charge on any atom is 0.310 e. The molecule has 0 saturated heterocycles. The normalized spacial score (nSPS) is 21.0. The number of benzene rings is 8. The average molecular weight is 1150 g/mol. The van der Waals surface area contributed by atoms with E-state index in [0.29, 0.717) is 36.0 Å². The Hall–Kier alpha value is -8.70. The van der Waals surface area contributed by atoms with Crippen molar-refractivity contribution < 1.29 is 28.7 Å². The predicted molar refractivity (Wildman–Crippen MR) is 332 cm³/mol. The summed E-state index contributed by atoms with van der Waals surface area (Å²) in [5, 5.41) is 3.22. The molecule has 2 spiro atoms. The number of nitrogens with zero attached hydrogens (tertiary/aromatic N) is 4. The molecule has 0 radical (unpaired) electrons. The minimum absolute atomic E-state index is 0.106. The number of fused-ring (bicyclic) bond motifs is 12. The third-order valence-electron chi connectivity index (χ3n) is 18.2. The summed E-state index contributed by atoms with van der Waals surface area (Å²) in [6.07, 6.45) is 0.863. The lowest BCUT2D eigenvalue weighted by Gasteiger charge is -2.43. The molecule has 2 aliphatic carbocycles. The van der Waals surface area contributed by atoms with Crippen molar-refractivity contribution in [1.82, 2.24) is 9.13 Å². The number of aromatic nitrogens is 2. The molecule has 6 atom stereocenters. The number of carbonyl (C=O) groups excluding carboxylic acids is 4. The standard InChI is InChI=1S/2C36H31ClN2O3/c2*1-3-42-34(40)29-21-27(24-14-8-5-9-15-24)32-26-16-10-11-17-30(26)38(2)33(32)36(29)28-20-25(37)18-19-31(28)39(35(36)41)22-23-12-6-4-7-13-23/h2*4-20,27,29H,3,21-22H2,1-2H3/t2*27-,29+,36-/m10/s1. The first-order chi connectivity index (χ1) is 40.9. The average Bonchev–Trinajstić information content (AvgIpc) is 1.60. The Morgan fingerprint density at radius 3 is 1.19 bits per heavy atom. The zero-order valence-electron chi connectivity index (χ0n) is 47.2. The monoisotopic (exact) mass is 1150 g/mol. The van der Waals surface area contributed by atoms with Gasteiger partial charge < -0.3 is 28.4 Å². The van der Waals surface area contributed by atoms with E-state index < -0.39 is 22.7 Å². The van der Waals surface area contributed by atoms with Crippen LogP contribution in [-0.2, 0) is 66.7 Å². The van der Waals surface area contributed by atoms with Gasteiger partial charge in [0, 0.05) is 80.5 Å². The number of rotatable bonds is 10. The van der Waals surface area contributed by atoms with Gasteiger partial charge in [0.1, 0.15) is 10.8 Å². The Morgan fingerprint density at radius 1 is 0.476 bits per heavy atom. The van der Waals surface area contributed by atoms with Crippen LogP contribution in [0.25, 0.3) is 21.8 Å². The number of aryl methyl sites for hydroxylation is 2. The molecule has 0 saturated carbocycles. The van der Waals surface area contributed by atoms with Gasteiger partial charge in [-0.1, -0.05) is 181 Å². The van der Waals surface area contributed by atoms with Gasteiger partial charge in [0.05, 0.1) is 38.1 Å². The molecule has 10 nitrogen and oxygen atoms in total. The Balaban J connectivity index is 0.000000157. The molecule has 4 heterocycles. The Bertz CT molecular complexity index is 3930. The molecule has 14 rings (SSSR count). The number of halogens is 2. The smallest absolute Gasteiger partial charge is 0.310 e. The maximum atomic E-state index is 15.3. The minimum Gasteiger partial charge on any atom is -0.466 e. The van der Waals surface area contributed by atoms with Crippen molar-refractivity contribution >= 4 is 80.1 Å². The molecule has 8 aromatic carbocycles. The van der Waals surface area contributed by atoms with Gasteiger partial charge in [-0.3, -0.25) is 19.2 Å². The van der Waals surface area contributed by atoms with Gasteiger partial charge in [-0.2, -0.15) is 0 Å². The largest absolute Gasteiger partial charge is 0.466 e. The van der Waals surface area contributed by atoms with Crippen molar-refractivity contribution in [1.29, 1.82) is 0 Å². The molecule has 0 bridgehead atoms. The van der Waals surface area contributed by atoms with E-state index in [9.17, 15) is 9.59 Å². The number of hydrogen-bond acceptors (Lipinski definition) is 6. The fourth-order valence-corrected chi connectivity index (χ4v) is 15.2. The number of amides is 2. The van der Waals surface area contributed by atoms with Gasteiger partial charge in [-0.15, -0.1) is 0 Å². The van der Waals surface area contributed by atoms with Crippen LogP contribution >= 0.6 is 23.2 Å². The van der Waals surface area contributed by atoms with E-state index in [1.54, 1.807) is 0 Å². The second-order valence-corrected chi connectivity index (χ2v) is 23.2. The van der Waals surface area contributed by atoms with E-state index in [2.05, 4.69) is 57.7 Å². The van der Waals surface area contributed by atoms with E-state index in [1.807, 2.05) is 195 Å². The van der Waals surface area contributed by atoms with Gasteiger partial charge in [-0.05, 0) is 120 Å². The van der Waals surface area contributed by atoms with Crippen LogP contribution in [-0.4, -0.2) is 46.1 Å². The Morgan fingerprint density at radius 2 is 0.821 bits per heavy atom. The van der Waals surface area contributed by atoms with Crippen molar-refractivity contribution in [2.75, 3.05) is 23.0 Å². The van der Waals surface area contributed by atoms with E-state index in [4.69, 9.17) is 32.7 Å². The van der Waals surface area contributed by atoms with Crippen molar-refractivity contribution in [2.45, 2.75) is 62.4 Å². The lowest BCUT2D eigenvalue weighted by atomic mass is 9.58. The van der Waals surface area contributed by atoms with Crippen LogP contribution in [0.1, 0.15) is 94.4 Å². The number of hydrogen-bond donors (Lipinski definition) is 0. The molecule has 0 fully saturated rings. The van der Waals surface area contributed by atoms with Crippen LogP contribution in [0.4, 0.5) is 11.4 Å². The summed E-state index contributed by atoms with van der Waals surface area (Å²) in [4.78, 5) is 62.5. The first kappa shape index (κ1) is 54.5. The summed E-state index contributed by atoms with van der Waals surface area (Å²) < 4.78 is 15.8. The lowest BCUT2D eigenvalue weighted by molar-refractivity contribution is -0.153. The first-order valence-electron chi connectivity index (χ1n) is 28.8. The van der Waals surface area contributed by atoms with Gasteiger partial charge >= 0.3 is 11.9 Å². The zero-order valence-corrected chi connectivity index (χ0v) is 48.7. The highest BCUT2D eigenvalue weighted by Crippen LogP contribution is 2.63. The van der Waals surface area contributed by atoms with Gasteiger partial charge in [0.2, 0.25) is 11.8 Å². The number of esters is 2. The van der Waals surface area contributed by atoms with Gasteiger partial charge in [-0.25, -0.2) is 0 Å². The van der Waals surface area contributed by atoms with Crippen LogP contribution in [0.15, 0.2) is 206 Å². The van der Waals surface area contributed by atoms with Crippen molar-refractivity contribution in [3.05, 3.63) is 272 Å². The molecule has 420 valence electrons. The van der Waals surface area contributed by atoms with Crippen LogP contribution in [0, 0.1) is 11.8 Å². The number of para-hydroxylation sites is 2. The fraction of sp³-hybridized carbons (Fsp3) is 0.222. The first-order valence-corrected chi connectivity index (χ1v) is 29.6. The van der Waals surface area contributed by atoms with Crippen LogP contribution in [0.2, 0.25) is 10.0 Å². The lowest BCUT2D eigenvalue weighted by Crippen LogP contribution is -2.53. The fourth-order valence-electron chi connectivity index (χ4n) is 14.9. The topological polar surface area (TPSA) is 103 Å². The summed E-state index contributed by atoms with van der Waals surface area (Å²) in [5.74, 6) is -2.71. The van der Waals surface area contributed by atoms with Gasteiger partial charge in [0.15, 0.2) is 0 Å². The molecule has 2 aromatic heterocycles. The molecule has 10 aromatic rings. The van der Waals surface area contributed by atoms with E-state index in [1.165, 1.54) is 0 Å². The molecule has 0 N–H and O–H groups in total. The second-order valence-electron chi connectivity index (χ2n) is 22.4. The number of anilines is 2. The van der Waals surface area contributed by atoms with Crippen LogP contribution in [0.5, 0.6) is 0 Å². The highest BCUT2D eigenvalue weighted by Gasteiger charge is 2.66. The van der Waals surface area contributed by atoms with E-state index in [0.717, 1.165) is 89.1 Å². The molecule has 2 aliphatic heterocycles. The molecule has 84 heavy (non-hydrogen) atoms. The summed E-state index contributed by atoms with van der Waals surface area (Å²) in [7, 11) is 4.02. The molecular weight excluding hydrogens is 1090 g/mol. The Kier molecular flexibility index (Phi) is 14.2. The summed E-state index contributed by atoms with van der Waals surface area (Å²) in [6, 6.07) is 68.3. The second kappa shape index (κ2) is 21.8. The summed E-state index contributed by atoms with van der Waals surface area (Å²) in [5.41, 5.74) is 10.6. The third-order valence-corrected chi connectivity index (χ3v) is 18.6. The number of ether oxygens (including phenoxy) is 2. The van der Waals surface area contributed by atoms with Gasteiger partial charge in [0.25, 0.3) is 0 Å². The molecule has 4 aliphatic rings. The van der Waals surface area contributed by atoms with Crippen LogP contribution < -0.4 is 9.80 Å². The van der Waals surface area contributed by atoms with Crippen molar-refractivity contribution in [2.24, 2.45) is 25.9 Å². The minimum atomic E-state index is -1.31. The quantitative estimate of drug-likeness (QED) is 0.126. The molecule has 12 heteroatoms. The van der Waals surface area contributed by atoms with Crippen molar-refractivity contribution in [3.8, 4) is 0 Å². The van der Waals surface area contributed by atoms with E-state index >= 15 is 9.59 Å². The van der Waals surface area contributed by atoms with E-state index in [-0.39, 0.29) is 48.8 Å². The molecule has 2 amide bonds. The predicted octanol–water partition coefficient (Wildman–Crippen LogP) is 14.8. The van der Waals surface area contributed by atoms with Crippen molar-refractivity contribution in [3.63, 3.8) is 0 Å². The highest BCUT2D eigenvalue weighted by molar-refractivity contribution is 6.31. The Labute approximate surface area is 498 Å². The van der Waals surface area contributed by atoms with Crippen LogP contribution in [0.3, 0.4) is 0 Å². The zero-order chi connectivity index (χ0) is 58.0. The summed E-state index contributed by atoms with van der Waals surface area (Å²) in [6.45, 7) is 4.85. The molecular formula is C72H62Cl2N4O6. The number of carbonyl (C=O) groups is 4.